The van der Waals surface area contributed by atoms with E-state index in [2.05, 4.69) is 10.3 Å². The molecule has 0 saturated carbocycles. The van der Waals surface area contributed by atoms with Gasteiger partial charge in [-0.3, -0.25) is 4.79 Å². The number of hydrogen-bond donors (Lipinski definition) is 1. The van der Waals surface area contributed by atoms with Gasteiger partial charge in [0.25, 0.3) is 0 Å². The molecule has 20 heavy (non-hydrogen) atoms. The van der Waals surface area contributed by atoms with E-state index in [0.717, 1.165) is 6.26 Å². The van der Waals surface area contributed by atoms with Crippen molar-refractivity contribution in [2.75, 3.05) is 25.2 Å². The molecule has 1 atom stereocenters. The Hall–Kier alpha value is -1.67. The van der Waals surface area contributed by atoms with Crippen molar-refractivity contribution in [2.24, 2.45) is 0 Å². The first-order valence-electron chi connectivity index (χ1n) is 6.19. The molecule has 8 heteroatoms. The van der Waals surface area contributed by atoms with Gasteiger partial charge >= 0.3 is 0 Å². The van der Waals surface area contributed by atoms with E-state index in [1.807, 2.05) is 0 Å². The predicted octanol–water partition coefficient (Wildman–Crippen LogP) is 0.453. The first-order valence-corrected chi connectivity index (χ1v) is 8.04. The maximum atomic E-state index is 12.2. The van der Waals surface area contributed by atoms with Crippen molar-refractivity contribution in [3.05, 3.63) is 18.3 Å². The Morgan fingerprint density at radius 1 is 1.50 bits per heavy atom. The molecule has 0 aliphatic carbocycles. The maximum Gasteiger partial charge on any atom is 0.242 e. The van der Waals surface area contributed by atoms with E-state index in [0.29, 0.717) is 31.0 Å². The van der Waals surface area contributed by atoms with Crippen LogP contribution in [0, 0.1) is 0 Å². The van der Waals surface area contributed by atoms with Gasteiger partial charge in [-0.05, 0) is 18.9 Å². The molecule has 0 radical (unpaired) electrons. The lowest BCUT2D eigenvalue weighted by Gasteiger charge is -2.21. The minimum absolute atomic E-state index is 0.333. The highest BCUT2D eigenvalue weighted by Gasteiger charge is 2.36. The fraction of sp³-hybridized carbons (Fsp3) is 0.500. The first-order chi connectivity index (χ1) is 9.41. The molecule has 1 aliphatic rings. The van der Waals surface area contributed by atoms with E-state index >= 15 is 0 Å². The monoisotopic (exact) mass is 299 g/mol. The largest absolute Gasteiger partial charge is 0.481 e. The molecule has 1 aromatic rings. The van der Waals surface area contributed by atoms with E-state index in [4.69, 9.17) is 4.74 Å². The molecule has 110 valence electrons. The van der Waals surface area contributed by atoms with Gasteiger partial charge in [0.2, 0.25) is 21.8 Å². The van der Waals surface area contributed by atoms with E-state index in [9.17, 15) is 13.2 Å². The molecule has 0 aromatic carbocycles. The second-order valence-corrected chi connectivity index (χ2v) is 6.55. The minimum Gasteiger partial charge on any atom is -0.481 e. The summed E-state index contributed by atoms with van der Waals surface area (Å²) in [7, 11) is -1.86. The lowest BCUT2D eigenvalue weighted by molar-refractivity contribution is -0.119. The number of anilines is 1. The summed E-state index contributed by atoms with van der Waals surface area (Å²) in [5.41, 5.74) is 0.510. The SMILES string of the molecule is COc1ccc(NC(=O)C2CCCN2S(C)(=O)=O)cn1. The highest BCUT2D eigenvalue weighted by Crippen LogP contribution is 2.22. The van der Waals surface area contributed by atoms with Gasteiger partial charge in [-0.1, -0.05) is 0 Å². The van der Waals surface area contributed by atoms with Gasteiger partial charge in [0.05, 0.1) is 25.2 Å². The second kappa shape index (κ2) is 5.76. The van der Waals surface area contributed by atoms with Gasteiger partial charge in [0, 0.05) is 12.6 Å². The number of nitrogens with one attached hydrogen (secondary N) is 1. The zero-order chi connectivity index (χ0) is 14.8. The smallest absolute Gasteiger partial charge is 0.242 e. The number of ether oxygens (including phenoxy) is 1. The fourth-order valence-electron chi connectivity index (χ4n) is 2.20. The fourth-order valence-corrected chi connectivity index (χ4v) is 3.32. The number of hydrogen-bond acceptors (Lipinski definition) is 5. The molecule has 1 saturated heterocycles. The molecule has 1 fully saturated rings. The first kappa shape index (κ1) is 14.7. The van der Waals surface area contributed by atoms with Gasteiger partial charge in [-0.15, -0.1) is 0 Å². The topological polar surface area (TPSA) is 88.6 Å². The van der Waals surface area contributed by atoms with Crippen molar-refractivity contribution in [3.8, 4) is 5.88 Å². The van der Waals surface area contributed by atoms with E-state index in [1.165, 1.54) is 17.6 Å². The van der Waals surface area contributed by atoms with Gasteiger partial charge in [-0.25, -0.2) is 13.4 Å². The molecule has 2 rings (SSSR count). The summed E-state index contributed by atoms with van der Waals surface area (Å²) in [6, 6.07) is 2.63. The molecule has 1 aromatic heterocycles. The molecule has 1 aliphatic heterocycles. The van der Waals surface area contributed by atoms with Crippen LogP contribution < -0.4 is 10.1 Å². The van der Waals surface area contributed by atoms with Gasteiger partial charge in [0.15, 0.2) is 0 Å². The van der Waals surface area contributed by atoms with Crippen molar-refractivity contribution in [3.63, 3.8) is 0 Å². The van der Waals surface area contributed by atoms with Crippen LogP contribution in [0.2, 0.25) is 0 Å². The van der Waals surface area contributed by atoms with Crippen molar-refractivity contribution in [2.45, 2.75) is 18.9 Å². The predicted molar refractivity (Wildman–Crippen MR) is 74.0 cm³/mol. The number of carbonyl (C=O) groups is 1. The summed E-state index contributed by atoms with van der Waals surface area (Å²) in [4.78, 5) is 16.1. The average molecular weight is 299 g/mol. The maximum absolute atomic E-state index is 12.2. The number of aromatic nitrogens is 1. The Labute approximate surface area is 118 Å². The number of amides is 1. The molecular weight excluding hydrogens is 282 g/mol. The summed E-state index contributed by atoms with van der Waals surface area (Å²) in [5.74, 6) is 0.113. The van der Waals surface area contributed by atoms with Crippen LogP contribution in [0.1, 0.15) is 12.8 Å². The van der Waals surface area contributed by atoms with Crippen LogP contribution in [-0.2, 0) is 14.8 Å². The average Bonchev–Trinajstić information content (AvgIpc) is 2.89. The van der Waals surface area contributed by atoms with Crippen molar-refractivity contribution < 1.29 is 17.9 Å². The van der Waals surface area contributed by atoms with Crippen LogP contribution in [0.4, 0.5) is 5.69 Å². The summed E-state index contributed by atoms with van der Waals surface area (Å²) in [6.07, 6.45) is 3.80. The Morgan fingerprint density at radius 3 is 2.80 bits per heavy atom. The molecule has 0 bridgehead atoms. The van der Waals surface area contributed by atoms with Crippen LogP contribution >= 0.6 is 0 Å². The highest BCUT2D eigenvalue weighted by atomic mass is 32.2. The van der Waals surface area contributed by atoms with E-state index in [-0.39, 0.29) is 5.91 Å². The van der Waals surface area contributed by atoms with Gasteiger partial charge in [-0.2, -0.15) is 4.31 Å². The van der Waals surface area contributed by atoms with Crippen LogP contribution in [0.25, 0.3) is 0 Å². The van der Waals surface area contributed by atoms with Crippen LogP contribution in [0.3, 0.4) is 0 Å². The quantitative estimate of drug-likeness (QED) is 0.872. The highest BCUT2D eigenvalue weighted by molar-refractivity contribution is 7.88. The Kier molecular flexibility index (Phi) is 4.24. The number of methoxy groups -OCH3 is 1. The summed E-state index contributed by atoms with van der Waals surface area (Å²) >= 11 is 0. The third-order valence-electron chi connectivity index (χ3n) is 3.15. The molecule has 1 unspecified atom stereocenters. The second-order valence-electron chi connectivity index (χ2n) is 4.61. The van der Waals surface area contributed by atoms with Crippen LogP contribution in [0.5, 0.6) is 5.88 Å². The number of sulfonamides is 1. The lowest BCUT2D eigenvalue weighted by atomic mass is 10.2. The Balaban J connectivity index is 2.07. The van der Waals surface area contributed by atoms with Crippen molar-refractivity contribution >= 4 is 21.6 Å². The zero-order valence-corrected chi connectivity index (χ0v) is 12.2. The Bertz CT molecular complexity index is 585. The van der Waals surface area contributed by atoms with Crippen LogP contribution in [0.15, 0.2) is 18.3 Å². The number of carbonyl (C=O) groups excluding carboxylic acids is 1. The van der Waals surface area contributed by atoms with Crippen molar-refractivity contribution in [1.29, 1.82) is 0 Å². The number of pyridine rings is 1. The normalized spacial score (nSPS) is 19.8. The molecule has 1 amide bonds. The Morgan fingerprint density at radius 2 is 2.25 bits per heavy atom. The standard InChI is InChI=1S/C12H17N3O4S/c1-19-11-6-5-9(8-13-11)14-12(16)10-4-3-7-15(10)20(2,17)18/h5-6,8,10H,3-4,7H2,1-2H3,(H,14,16). The zero-order valence-electron chi connectivity index (χ0n) is 11.4. The number of nitrogens with zero attached hydrogens (tertiary/aromatic N) is 2. The minimum atomic E-state index is -3.36. The summed E-state index contributed by atoms with van der Waals surface area (Å²) < 4.78 is 29.4. The summed E-state index contributed by atoms with van der Waals surface area (Å²) in [5, 5.41) is 2.67. The van der Waals surface area contributed by atoms with Gasteiger partial charge < -0.3 is 10.1 Å². The third kappa shape index (κ3) is 3.26. The van der Waals surface area contributed by atoms with E-state index < -0.39 is 16.1 Å². The third-order valence-corrected chi connectivity index (χ3v) is 4.43. The summed E-state index contributed by atoms with van der Waals surface area (Å²) in [6.45, 7) is 0.387. The van der Waals surface area contributed by atoms with Crippen molar-refractivity contribution in [1.82, 2.24) is 9.29 Å². The van der Waals surface area contributed by atoms with Crippen LogP contribution in [-0.4, -0.2) is 49.6 Å². The van der Waals surface area contributed by atoms with Gasteiger partial charge in [0.1, 0.15) is 6.04 Å². The number of rotatable bonds is 4. The molecule has 0 spiro atoms. The molecule has 7 nitrogen and oxygen atoms in total. The molecule has 1 N–H and O–H groups in total. The molecule has 2 heterocycles. The lowest BCUT2D eigenvalue weighted by Crippen LogP contribution is -2.42. The molecular formula is C12H17N3O4S. The van der Waals surface area contributed by atoms with E-state index in [1.54, 1.807) is 12.1 Å².